The van der Waals surface area contributed by atoms with Crippen LogP contribution in [0.1, 0.15) is 16.1 Å². The summed E-state index contributed by atoms with van der Waals surface area (Å²) >= 11 is 0. The molecule has 3 N–H and O–H groups in total. The second-order valence-corrected chi connectivity index (χ2v) is 4.04. The highest BCUT2D eigenvalue weighted by molar-refractivity contribution is 5.96. The predicted molar refractivity (Wildman–Crippen MR) is 60.3 cm³/mol. The number of alkyl halides is 5. The maximum absolute atomic E-state index is 13.3. The Kier molecular flexibility index (Phi) is 3.39. The maximum Gasteiger partial charge on any atom is 0.458 e. The average Bonchev–Trinajstić information content (AvgIpc) is 2.87. The van der Waals surface area contributed by atoms with E-state index in [1.165, 1.54) is 6.07 Å². The number of hydrogen-bond acceptors (Lipinski definition) is 3. The van der Waals surface area contributed by atoms with Crippen LogP contribution in [0, 0.1) is 0 Å². The molecule has 1 amide bonds. The Labute approximate surface area is 113 Å². The number of aromatic nitrogens is 3. The number of nitrogens with one attached hydrogen (secondary N) is 1. The molecule has 0 unspecified atom stereocenters. The van der Waals surface area contributed by atoms with Gasteiger partial charge in [0.25, 0.3) is 5.91 Å². The van der Waals surface area contributed by atoms with Crippen molar-refractivity contribution < 1.29 is 26.7 Å². The summed E-state index contributed by atoms with van der Waals surface area (Å²) in [6.45, 7) is 0. The Balaban J connectivity index is 2.53. The number of carbonyl (C=O) groups is 1. The summed E-state index contributed by atoms with van der Waals surface area (Å²) in [6.07, 6.45) is -5.73. The van der Waals surface area contributed by atoms with Crippen molar-refractivity contribution in [1.29, 1.82) is 0 Å². The van der Waals surface area contributed by atoms with Crippen molar-refractivity contribution in [2.45, 2.75) is 12.1 Å². The lowest BCUT2D eigenvalue weighted by atomic mass is 10.0. The largest absolute Gasteiger partial charge is 0.458 e. The summed E-state index contributed by atoms with van der Waals surface area (Å²) in [7, 11) is 0. The molecule has 0 saturated heterocycles. The van der Waals surface area contributed by atoms with Crippen LogP contribution in [0.3, 0.4) is 0 Å². The molecule has 1 heterocycles. The Morgan fingerprint density at radius 2 is 1.81 bits per heavy atom. The van der Waals surface area contributed by atoms with Gasteiger partial charge >= 0.3 is 12.1 Å². The van der Waals surface area contributed by atoms with Gasteiger partial charge < -0.3 is 5.73 Å². The van der Waals surface area contributed by atoms with Crippen molar-refractivity contribution in [2.75, 3.05) is 0 Å². The Morgan fingerprint density at radius 3 is 2.38 bits per heavy atom. The monoisotopic (exact) mass is 306 g/mol. The van der Waals surface area contributed by atoms with E-state index in [1.807, 2.05) is 0 Å². The number of H-pyrrole nitrogens is 1. The molecular formula is C11H7F5N4O. The fraction of sp³-hybridized carbons (Fsp3) is 0.182. The van der Waals surface area contributed by atoms with Crippen molar-refractivity contribution in [3.05, 3.63) is 35.5 Å². The van der Waals surface area contributed by atoms with Gasteiger partial charge in [-0.3, -0.25) is 4.79 Å². The minimum absolute atomic E-state index is 0.140. The van der Waals surface area contributed by atoms with Crippen molar-refractivity contribution in [3.8, 4) is 11.3 Å². The van der Waals surface area contributed by atoms with Gasteiger partial charge in [0.1, 0.15) is 5.69 Å². The molecule has 0 bridgehead atoms. The molecule has 0 aliphatic heterocycles. The highest BCUT2D eigenvalue weighted by Crippen LogP contribution is 2.44. The van der Waals surface area contributed by atoms with Crippen LogP contribution in [0.4, 0.5) is 22.0 Å². The number of nitrogens with zero attached hydrogens (tertiary/aromatic N) is 2. The number of carbonyl (C=O) groups excluding carboxylic acids is 1. The van der Waals surface area contributed by atoms with Crippen molar-refractivity contribution in [2.24, 2.45) is 5.73 Å². The number of primary amides is 1. The lowest BCUT2D eigenvalue weighted by Gasteiger charge is -2.20. The highest BCUT2D eigenvalue weighted by atomic mass is 19.4. The third-order valence-electron chi connectivity index (χ3n) is 2.64. The lowest BCUT2D eigenvalue weighted by molar-refractivity contribution is -0.289. The smallest absolute Gasteiger partial charge is 0.364 e. The zero-order chi connectivity index (χ0) is 15.8. The first-order valence-corrected chi connectivity index (χ1v) is 5.40. The van der Waals surface area contributed by atoms with Crippen LogP contribution in [0.25, 0.3) is 11.3 Å². The van der Waals surface area contributed by atoms with E-state index in [0.717, 1.165) is 6.07 Å². The van der Waals surface area contributed by atoms with Gasteiger partial charge in [-0.1, -0.05) is 18.2 Å². The second kappa shape index (κ2) is 4.79. The highest BCUT2D eigenvalue weighted by Gasteiger charge is 2.58. The minimum atomic E-state index is -5.73. The average molecular weight is 306 g/mol. The van der Waals surface area contributed by atoms with Crippen LogP contribution < -0.4 is 5.73 Å². The molecular weight excluding hydrogens is 299 g/mol. The van der Waals surface area contributed by atoms with Gasteiger partial charge in [0.05, 0.1) is 0 Å². The number of benzene rings is 1. The molecule has 1 aromatic carbocycles. The van der Waals surface area contributed by atoms with E-state index in [9.17, 15) is 26.7 Å². The Morgan fingerprint density at radius 1 is 1.14 bits per heavy atom. The Bertz CT molecular complexity index is 679. The summed E-state index contributed by atoms with van der Waals surface area (Å²) in [5, 5.41) is 9.00. The van der Waals surface area contributed by atoms with E-state index >= 15 is 0 Å². The van der Waals surface area contributed by atoms with Crippen LogP contribution in [0.15, 0.2) is 24.3 Å². The predicted octanol–water partition coefficient (Wildman–Crippen LogP) is 2.22. The van der Waals surface area contributed by atoms with Crippen LogP contribution in [-0.4, -0.2) is 27.5 Å². The number of rotatable bonds is 3. The van der Waals surface area contributed by atoms with E-state index in [1.54, 1.807) is 0 Å². The lowest BCUT2D eigenvalue weighted by Crippen LogP contribution is -2.33. The molecule has 10 heteroatoms. The van der Waals surface area contributed by atoms with Gasteiger partial charge in [-0.05, 0) is 6.07 Å². The molecule has 0 spiro atoms. The van der Waals surface area contributed by atoms with E-state index < -0.39 is 23.6 Å². The van der Waals surface area contributed by atoms with Crippen molar-refractivity contribution in [1.82, 2.24) is 15.4 Å². The number of amides is 1. The van der Waals surface area contributed by atoms with Gasteiger partial charge in [-0.2, -0.15) is 37.4 Å². The normalized spacial score (nSPS) is 12.4. The first-order chi connectivity index (χ1) is 9.64. The van der Waals surface area contributed by atoms with Gasteiger partial charge in [0.15, 0.2) is 5.69 Å². The van der Waals surface area contributed by atoms with E-state index in [0.29, 0.717) is 12.1 Å². The molecule has 1 aromatic heterocycles. The van der Waals surface area contributed by atoms with Crippen LogP contribution in [0.2, 0.25) is 0 Å². The van der Waals surface area contributed by atoms with Crippen LogP contribution in [-0.2, 0) is 5.92 Å². The zero-order valence-corrected chi connectivity index (χ0v) is 10.1. The third-order valence-corrected chi connectivity index (χ3v) is 2.64. The molecule has 0 radical (unpaired) electrons. The zero-order valence-electron chi connectivity index (χ0n) is 10.1. The van der Waals surface area contributed by atoms with Crippen molar-refractivity contribution in [3.63, 3.8) is 0 Å². The number of aromatic amines is 1. The quantitative estimate of drug-likeness (QED) is 0.853. The van der Waals surface area contributed by atoms with Gasteiger partial charge in [-0.15, -0.1) is 0 Å². The summed E-state index contributed by atoms with van der Waals surface area (Å²) in [4.78, 5) is 11.1. The molecule has 2 rings (SSSR count). The molecule has 5 nitrogen and oxygen atoms in total. The SMILES string of the molecule is NC(=O)c1n[nH]nc1-c1cccc(C(F)(F)C(F)(F)F)c1. The summed E-state index contributed by atoms with van der Waals surface area (Å²) < 4.78 is 63.6. The number of halogens is 5. The summed E-state index contributed by atoms with van der Waals surface area (Å²) in [5.74, 6) is -6.02. The van der Waals surface area contributed by atoms with Crippen LogP contribution in [0.5, 0.6) is 0 Å². The van der Waals surface area contributed by atoms with E-state index in [-0.39, 0.29) is 17.0 Å². The molecule has 0 fully saturated rings. The summed E-state index contributed by atoms with van der Waals surface area (Å²) in [6, 6.07) is 3.41. The standard InChI is InChI=1S/C11H7F5N4O/c12-10(13,11(14,15)16)6-3-1-2-5(4-6)7-8(9(17)21)19-20-18-7/h1-4H,(H2,17,21)(H,18,19,20). The fourth-order valence-corrected chi connectivity index (χ4v) is 1.63. The first kappa shape index (κ1) is 14.9. The van der Waals surface area contributed by atoms with Gasteiger partial charge in [-0.25, -0.2) is 0 Å². The molecule has 0 aliphatic carbocycles. The molecule has 0 atom stereocenters. The molecule has 21 heavy (non-hydrogen) atoms. The fourth-order valence-electron chi connectivity index (χ4n) is 1.63. The third kappa shape index (κ3) is 2.56. The van der Waals surface area contributed by atoms with Crippen molar-refractivity contribution >= 4 is 5.91 Å². The van der Waals surface area contributed by atoms with E-state index in [2.05, 4.69) is 15.4 Å². The van der Waals surface area contributed by atoms with Gasteiger partial charge in [0, 0.05) is 11.1 Å². The van der Waals surface area contributed by atoms with Gasteiger partial charge in [0.2, 0.25) is 0 Å². The topological polar surface area (TPSA) is 84.7 Å². The minimum Gasteiger partial charge on any atom is -0.364 e. The Hall–Kier alpha value is -2.52. The molecule has 0 aliphatic rings. The maximum atomic E-state index is 13.3. The molecule has 112 valence electrons. The second-order valence-electron chi connectivity index (χ2n) is 4.04. The summed E-state index contributed by atoms with van der Waals surface area (Å²) in [5.41, 5.74) is 3.02. The first-order valence-electron chi connectivity index (χ1n) is 5.40. The molecule has 2 aromatic rings. The number of hydrogen-bond donors (Lipinski definition) is 2. The molecule has 0 saturated carbocycles. The van der Waals surface area contributed by atoms with E-state index in [4.69, 9.17) is 5.73 Å². The number of nitrogens with two attached hydrogens (primary N) is 1. The van der Waals surface area contributed by atoms with Crippen LogP contribution >= 0.6 is 0 Å².